The first-order chi connectivity index (χ1) is 14.6. The van der Waals surface area contributed by atoms with Gasteiger partial charge in [0, 0.05) is 30.7 Å². The summed E-state index contributed by atoms with van der Waals surface area (Å²) in [5, 5.41) is 9.87. The second-order valence-corrected chi connectivity index (χ2v) is 10.9. The maximum atomic E-state index is 12.6. The fourth-order valence-corrected chi connectivity index (χ4v) is 5.61. The molecule has 0 atom stereocenters. The van der Waals surface area contributed by atoms with Gasteiger partial charge in [0.05, 0.1) is 10.1 Å². The number of amides is 2. The van der Waals surface area contributed by atoms with Crippen LogP contribution in [0.4, 0.5) is 10.5 Å². The molecule has 2 aromatic rings. The number of rotatable bonds is 7. The van der Waals surface area contributed by atoms with Crippen molar-refractivity contribution < 1.29 is 21.6 Å². The Bertz CT molecular complexity index is 1100. The number of nitrogens with two attached hydrogens (primary N) is 1. The summed E-state index contributed by atoms with van der Waals surface area (Å²) in [6.07, 6.45) is 4.73. The molecule has 2 amide bonds. The van der Waals surface area contributed by atoms with Crippen LogP contribution in [0.25, 0.3) is 0 Å². The standard InChI is InChI=1S/C19H25N5O5S2/c20-30(26,27)17-7-5-16(6-8-17)24-31(28,29)18-9-3-15(4-10-18)23-19(25)22-13-14-2-1-11-21-12-14/h1-4,9-12,16-17,24H,5-8,13H2,(H2,20,26,27)(H2,22,23,25). The number of benzene rings is 1. The summed E-state index contributed by atoms with van der Waals surface area (Å²) in [6.45, 7) is 0.309. The predicted octanol–water partition coefficient (Wildman–Crippen LogP) is 1.28. The molecule has 12 heteroatoms. The van der Waals surface area contributed by atoms with E-state index in [9.17, 15) is 21.6 Å². The van der Waals surface area contributed by atoms with Crippen LogP contribution in [0.2, 0.25) is 0 Å². The number of carbonyl (C=O) groups excluding carboxylic acids is 1. The Balaban J connectivity index is 1.52. The van der Waals surface area contributed by atoms with Gasteiger partial charge in [-0.3, -0.25) is 4.98 Å². The number of hydrogen-bond donors (Lipinski definition) is 4. The van der Waals surface area contributed by atoms with E-state index in [1.165, 1.54) is 24.3 Å². The zero-order valence-corrected chi connectivity index (χ0v) is 18.3. The molecule has 10 nitrogen and oxygen atoms in total. The molecule has 1 aromatic heterocycles. The number of hydrogen-bond acceptors (Lipinski definition) is 6. The fraction of sp³-hybridized carbons (Fsp3) is 0.368. The highest BCUT2D eigenvalue weighted by molar-refractivity contribution is 7.90. The Labute approximate surface area is 181 Å². The van der Waals surface area contributed by atoms with Crippen molar-refractivity contribution in [2.45, 2.75) is 48.4 Å². The number of nitrogens with one attached hydrogen (secondary N) is 3. The van der Waals surface area contributed by atoms with Crippen LogP contribution >= 0.6 is 0 Å². The van der Waals surface area contributed by atoms with Crippen LogP contribution in [0.1, 0.15) is 31.2 Å². The maximum Gasteiger partial charge on any atom is 0.319 e. The Hall–Kier alpha value is -2.54. The molecule has 5 N–H and O–H groups in total. The second kappa shape index (κ2) is 9.73. The highest BCUT2D eigenvalue weighted by Gasteiger charge is 2.30. The molecule has 1 fully saturated rings. The smallest absolute Gasteiger partial charge is 0.319 e. The first-order valence-corrected chi connectivity index (χ1v) is 12.8. The fourth-order valence-electron chi connectivity index (χ4n) is 3.37. The topological polar surface area (TPSA) is 160 Å². The van der Waals surface area contributed by atoms with Crippen LogP contribution in [0.5, 0.6) is 0 Å². The van der Waals surface area contributed by atoms with Gasteiger partial charge in [-0.15, -0.1) is 0 Å². The van der Waals surface area contributed by atoms with Gasteiger partial charge >= 0.3 is 6.03 Å². The lowest BCUT2D eigenvalue weighted by atomic mass is 9.96. The summed E-state index contributed by atoms with van der Waals surface area (Å²) in [5.74, 6) is 0. The molecular formula is C19H25N5O5S2. The van der Waals surface area contributed by atoms with Gasteiger partial charge in [-0.05, 0) is 61.6 Å². The monoisotopic (exact) mass is 467 g/mol. The van der Waals surface area contributed by atoms with Crippen LogP contribution in [0.3, 0.4) is 0 Å². The van der Waals surface area contributed by atoms with Gasteiger partial charge in [0.25, 0.3) is 0 Å². The van der Waals surface area contributed by atoms with E-state index in [-0.39, 0.29) is 10.9 Å². The number of aromatic nitrogens is 1. The minimum Gasteiger partial charge on any atom is -0.334 e. The van der Waals surface area contributed by atoms with Crippen molar-refractivity contribution in [3.05, 3.63) is 54.4 Å². The van der Waals surface area contributed by atoms with Crippen molar-refractivity contribution in [2.75, 3.05) is 5.32 Å². The molecule has 1 aromatic carbocycles. The van der Waals surface area contributed by atoms with Crippen LogP contribution in [0, 0.1) is 0 Å². The number of anilines is 1. The Morgan fingerprint density at radius 3 is 2.29 bits per heavy atom. The molecule has 1 aliphatic carbocycles. The number of urea groups is 1. The summed E-state index contributed by atoms with van der Waals surface area (Å²) in [6, 6.07) is 8.62. The lowest BCUT2D eigenvalue weighted by Crippen LogP contribution is -2.41. The first kappa shape index (κ1) is 23.1. The van der Waals surface area contributed by atoms with E-state index in [2.05, 4.69) is 20.3 Å². The Morgan fingerprint density at radius 2 is 1.71 bits per heavy atom. The molecule has 0 aliphatic heterocycles. The molecular weight excluding hydrogens is 442 g/mol. The molecule has 0 radical (unpaired) electrons. The molecule has 0 saturated heterocycles. The molecule has 0 spiro atoms. The van der Waals surface area contributed by atoms with E-state index in [1.807, 2.05) is 6.07 Å². The van der Waals surface area contributed by atoms with Gasteiger partial charge in [0.15, 0.2) is 0 Å². The predicted molar refractivity (Wildman–Crippen MR) is 116 cm³/mol. The van der Waals surface area contributed by atoms with E-state index in [0.717, 1.165) is 5.56 Å². The number of pyridine rings is 1. The van der Waals surface area contributed by atoms with Crippen molar-refractivity contribution in [3.8, 4) is 0 Å². The molecule has 1 aliphatic rings. The summed E-state index contributed by atoms with van der Waals surface area (Å²) < 4.78 is 50.7. The molecule has 0 unspecified atom stereocenters. The molecule has 31 heavy (non-hydrogen) atoms. The minimum absolute atomic E-state index is 0.0578. The summed E-state index contributed by atoms with van der Waals surface area (Å²) >= 11 is 0. The summed E-state index contributed by atoms with van der Waals surface area (Å²) in [5.41, 5.74) is 1.29. The van der Waals surface area contributed by atoms with E-state index in [0.29, 0.717) is 37.9 Å². The molecule has 1 saturated carbocycles. The second-order valence-electron chi connectivity index (χ2n) is 7.38. The highest BCUT2D eigenvalue weighted by Crippen LogP contribution is 2.24. The third-order valence-corrected chi connectivity index (χ3v) is 8.00. The summed E-state index contributed by atoms with van der Waals surface area (Å²) in [4.78, 5) is 16.0. The van der Waals surface area contributed by atoms with Crippen molar-refractivity contribution in [1.29, 1.82) is 0 Å². The third-order valence-electron chi connectivity index (χ3n) is 5.06. The number of sulfonamides is 2. The number of carbonyl (C=O) groups is 1. The van der Waals surface area contributed by atoms with Crippen LogP contribution in [-0.4, -0.2) is 39.1 Å². The lowest BCUT2D eigenvalue weighted by molar-refractivity contribution is 0.251. The van der Waals surface area contributed by atoms with Crippen LogP contribution < -0.4 is 20.5 Å². The highest BCUT2D eigenvalue weighted by atomic mass is 32.2. The zero-order chi connectivity index (χ0) is 22.5. The van der Waals surface area contributed by atoms with E-state index in [1.54, 1.807) is 18.5 Å². The normalized spacial score (nSPS) is 19.5. The van der Waals surface area contributed by atoms with Crippen molar-refractivity contribution in [1.82, 2.24) is 15.0 Å². The molecule has 1 heterocycles. The third kappa shape index (κ3) is 6.72. The Morgan fingerprint density at radius 1 is 1.03 bits per heavy atom. The van der Waals surface area contributed by atoms with Gasteiger partial charge in [-0.25, -0.2) is 31.5 Å². The maximum absolute atomic E-state index is 12.6. The molecule has 0 bridgehead atoms. The van der Waals surface area contributed by atoms with Crippen molar-refractivity contribution in [2.24, 2.45) is 5.14 Å². The number of nitrogens with zero attached hydrogens (tertiary/aromatic N) is 1. The minimum atomic E-state index is -3.77. The van der Waals surface area contributed by atoms with Crippen LogP contribution in [-0.2, 0) is 26.6 Å². The average molecular weight is 468 g/mol. The average Bonchev–Trinajstić information content (AvgIpc) is 2.73. The van der Waals surface area contributed by atoms with Gasteiger partial charge in [-0.2, -0.15) is 0 Å². The molecule has 168 valence electrons. The Kier molecular flexibility index (Phi) is 7.26. The lowest BCUT2D eigenvalue weighted by Gasteiger charge is -2.27. The van der Waals surface area contributed by atoms with Crippen LogP contribution in [0.15, 0.2) is 53.7 Å². The number of primary sulfonamides is 1. The van der Waals surface area contributed by atoms with Gasteiger partial charge < -0.3 is 10.6 Å². The largest absolute Gasteiger partial charge is 0.334 e. The summed E-state index contributed by atoms with van der Waals surface area (Å²) in [7, 11) is -7.37. The quantitative estimate of drug-likeness (QED) is 0.480. The van der Waals surface area contributed by atoms with Crippen molar-refractivity contribution >= 4 is 31.8 Å². The van der Waals surface area contributed by atoms with E-state index in [4.69, 9.17) is 5.14 Å². The van der Waals surface area contributed by atoms with Crippen molar-refractivity contribution in [3.63, 3.8) is 0 Å². The van der Waals surface area contributed by atoms with Gasteiger partial charge in [0.1, 0.15) is 0 Å². The SMILES string of the molecule is NS(=O)(=O)C1CCC(NS(=O)(=O)c2ccc(NC(=O)NCc3cccnc3)cc2)CC1. The first-order valence-electron chi connectivity index (χ1n) is 9.71. The van der Waals surface area contributed by atoms with E-state index < -0.39 is 31.3 Å². The van der Waals surface area contributed by atoms with Gasteiger partial charge in [0.2, 0.25) is 20.0 Å². The van der Waals surface area contributed by atoms with Gasteiger partial charge in [-0.1, -0.05) is 6.07 Å². The molecule has 3 rings (SSSR count). The zero-order valence-electron chi connectivity index (χ0n) is 16.7. The van der Waals surface area contributed by atoms with E-state index >= 15 is 0 Å².